The molecule has 1 unspecified atom stereocenters. The van der Waals surface area contributed by atoms with Crippen LogP contribution in [0.15, 0.2) is 24.3 Å². The average Bonchev–Trinajstić information content (AvgIpc) is 3.17. The number of aliphatic hydroxyl groups is 1. The summed E-state index contributed by atoms with van der Waals surface area (Å²) in [6, 6.07) is -1.24. The standard InChI is InChI=1S/C27H39N3O5/c1-17(2)15-19(16-31)30-23-26(34)29(18-9-5-4-6-10-18)14-8-12-27(23)22(25(30)33)21-20(35-27)11-7-13-28(3)24(21)32/h7-8,11-12,17-23,31H,4-6,9-10,13-16H2,1-3H3/t19-,20+,21-,22+,23?,27+/m1/s1. The number of carbonyl (C=O) groups excluding carboxylic acids is 3. The Hall–Kier alpha value is -2.19. The SMILES string of the molecule is CC(C)C[C@H](CO)N1C(=O)[C@@H]2[C@@H]3C(=O)N(C)CC=C[C@@H]3O[C@@]23C=CCN(C2CCCCC2)C(=O)C13. The highest BCUT2D eigenvalue weighted by Gasteiger charge is 2.72. The summed E-state index contributed by atoms with van der Waals surface area (Å²) in [4.78, 5) is 47.2. The molecule has 0 aromatic heterocycles. The molecular weight excluding hydrogens is 446 g/mol. The Balaban J connectivity index is 1.61. The maximum Gasteiger partial charge on any atom is 0.249 e. The zero-order valence-corrected chi connectivity index (χ0v) is 21.1. The molecule has 8 heteroatoms. The average molecular weight is 486 g/mol. The first-order chi connectivity index (χ1) is 16.8. The van der Waals surface area contributed by atoms with Crippen molar-refractivity contribution in [1.29, 1.82) is 0 Å². The van der Waals surface area contributed by atoms with Gasteiger partial charge in [-0.2, -0.15) is 0 Å². The molecular formula is C27H39N3O5. The third kappa shape index (κ3) is 3.84. The summed E-state index contributed by atoms with van der Waals surface area (Å²) < 4.78 is 6.65. The topological polar surface area (TPSA) is 90.4 Å². The fourth-order valence-electron chi connectivity index (χ4n) is 7.15. The minimum absolute atomic E-state index is 0.110. The zero-order chi connectivity index (χ0) is 24.9. The zero-order valence-electron chi connectivity index (χ0n) is 21.1. The molecule has 0 aromatic carbocycles. The molecule has 8 nitrogen and oxygen atoms in total. The predicted octanol–water partition coefficient (Wildman–Crippen LogP) is 1.73. The lowest BCUT2D eigenvalue weighted by Crippen LogP contribution is -2.59. The molecule has 0 radical (unpaired) electrons. The number of carbonyl (C=O) groups is 3. The summed E-state index contributed by atoms with van der Waals surface area (Å²) in [5.74, 6) is -1.73. The number of nitrogens with zero attached hydrogens (tertiary/aromatic N) is 3. The normalized spacial score (nSPS) is 36.4. The monoisotopic (exact) mass is 485 g/mol. The Morgan fingerprint density at radius 1 is 1.06 bits per heavy atom. The fourth-order valence-corrected chi connectivity index (χ4v) is 7.15. The lowest BCUT2D eigenvalue weighted by molar-refractivity contribution is -0.153. The van der Waals surface area contributed by atoms with Crippen molar-refractivity contribution in [3.63, 3.8) is 0 Å². The minimum atomic E-state index is -1.21. The molecule has 1 spiro atoms. The van der Waals surface area contributed by atoms with E-state index >= 15 is 0 Å². The highest BCUT2D eigenvalue weighted by Crippen LogP contribution is 2.54. The van der Waals surface area contributed by atoms with E-state index in [0.29, 0.717) is 19.5 Å². The van der Waals surface area contributed by atoms with Crippen molar-refractivity contribution in [2.24, 2.45) is 17.8 Å². The Morgan fingerprint density at radius 2 is 1.80 bits per heavy atom. The molecule has 1 saturated carbocycles. The third-order valence-electron chi connectivity index (χ3n) is 8.69. The van der Waals surface area contributed by atoms with E-state index in [1.54, 1.807) is 16.8 Å². The van der Waals surface area contributed by atoms with Gasteiger partial charge in [0.2, 0.25) is 17.7 Å². The van der Waals surface area contributed by atoms with Crippen LogP contribution in [0.2, 0.25) is 0 Å². The quantitative estimate of drug-likeness (QED) is 0.599. The third-order valence-corrected chi connectivity index (χ3v) is 8.69. The molecule has 4 heterocycles. The van der Waals surface area contributed by atoms with Gasteiger partial charge in [0, 0.05) is 26.2 Å². The Bertz CT molecular complexity index is 926. The van der Waals surface area contributed by atoms with Crippen LogP contribution in [-0.2, 0) is 19.1 Å². The van der Waals surface area contributed by atoms with Crippen molar-refractivity contribution in [3.05, 3.63) is 24.3 Å². The van der Waals surface area contributed by atoms with Gasteiger partial charge in [-0.05, 0) is 25.2 Å². The summed E-state index contributed by atoms with van der Waals surface area (Å²) in [7, 11) is 1.74. The van der Waals surface area contributed by atoms with Gasteiger partial charge in [-0.1, -0.05) is 57.4 Å². The minimum Gasteiger partial charge on any atom is -0.394 e. The van der Waals surface area contributed by atoms with Crippen LogP contribution in [0.4, 0.5) is 0 Å². The van der Waals surface area contributed by atoms with E-state index in [4.69, 9.17) is 4.74 Å². The summed E-state index contributed by atoms with van der Waals surface area (Å²) in [5.41, 5.74) is -1.21. The first-order valence-corrected chi connectivity index (χ1v) is 13.3. The molecule has 1 N–H and O–H groups in total. The predicted molar refractivity (Wildman–Crippen MR) is 130 cm³/mol. The maximum absolute atomic E-state index is 14.4. The van der Waals surface area contributed by atoms with Crippen molar-refractivity contribution < 1.29 is 24.2 Å². The van der Waals surface area contributed by atoms with Crippen LogP contribution in [0.1, 0.15) is 52.4 Å². The second-order valence-corrected chi connectivity index (χ2v) is 11.4. The largest absolute Gasteiger partial charge is 0.394 e. The summed E-state index contributed by atoms with van der Waals surface area (Å²) >= 11 is 0. The lowest BCUT2D eigenvalue weighted by atomic mass is 9.77. The van der Waals surface area contributed by atoms with E-state index in [0.717, 1.165) is 25.7 Å². The number of ether oxygens (including phenoxy) is 1. The van der Waals surface area contributed by atoms with Crippen molar-refractivity contribution >= 4 is 17.7 Å². The number of likely N-dealkylation sites (N-methyl/N-ethyl adjacent to an activating group) is 1. The molecule has 5 rings (SSSR count). The number of amides is 3. The molecule has 0 aromatic rings. The smallest absolute Gasteiger partial charge is 0.249 e. The second kappa shape index (κ2) is 9.36. The molecule has 6 atom stereocenters. The van der Waals surface area contributed by atoms with Gasteiger partial charge >= 0.3 is 0 Å². The van der Waals surface area contributed by atoms with Gasteiger partial charge < -0.3 is 24.5 Å². The molecule has 4 aliphatic heterocycles. The van der Waals surface area contributed by atoms with Crippen LogP contribution in [-0.4, -0.2) is 94.1 Å². The first-order valence-electron chi connectivity index (χ1n) is 13.3. The van der Waals surface area contributed by atoms with Gasteiger partial charge in [0.15, 0.2) is 0 Å². The van der Waals surface area contributed by atoms with Crippen LogP contribution >= 0.6 is 0 Å². The Morgan fingerprint density at radius 3 is 2.49 bits per heavy atom. The van der Waals surface area contributed by atoms with Gasteiger partial charge in [-0.3, -0.25) is 14.4 Å². The Labute approximate surface area is 207 Å². The van der Waals surface area contributed by atoms with Crippen LogP contribution < -0.4 is 0 Å². The van der Waals surface area contributed by atoms with E-state index in [1.807, 2.05) is 43.1 Å². The Kier molecular flexibility index (Phi) is 6.55. The molecule has 35 heavy (non-hydrogen) atoms. The van der Waals surface area contributed by atoms with Gasteiger partial charge in [0.25, 0.3) is 0 Å². The van der Waals surface area contributed by atoms with Crippen LogP contribution in [0.5, 0.6) is 0 Å². The van der Waals surface area contributed by atoms with Crippen molar-refractivity contribution in [2.45, 2.75) is 82.2 Å². The molecule has 3 fully saturated rings. The number of rotatable bonds is 5. The van der Waals surface area contributed by atoms with Gasteiger partial charge in [0.1, 0.15) is 11.6 Å². The van der Waals surface area contributed by atoms with Gasteiger partial charge in [-0.25, -0.2) is 0 Å². The molecule has 1 aliphatic carbocycles. The lowest BCUT2D eigenvalue weighted by Gasteiger charge is -2.41. The van der Waals surface area contributed by atoms with Crippen molar-refractivity contribution in [2.75, 3.05) is 26.7 Å². The van der Waals surface area contributed by atoms with E-state index in [9.17, 15) is 19.5 Å². The molecule has 2 saturated heterocycles. The maximum atomic E-state index is 14.4. The number of likely N-dealkylation sites (tertiary alicyclic amines) is 1. The number of hydrogen-bond donors (Lipinski definition) is 1. The van der Waals surface area contributed by atoms with Crippen LogP contribution in [0, 0.1) is 17.8 Å². The summed E-state index contributed by atoms with van der Waals surface area (Å²) in [6.45, 7) is 4.81. The van der Waals surface area contributed by atoms with E-state index in [1.165, 1.54) is 6.42 Å². The number of hydrogen-bond acceptors (Lipinski definition) is 5. The number of fused-ring (bicyclic) bond motifs is 2. The second-order valence-electron chi connectivity index (χ2n) is 11.4. The van der Waals surface area contributed by atoms with Crippen molar-refractivity contribution in [3.8, 4) is 0 Å². The van der Waals surface area contributed by atoms with Gasteiger partial charge in [0.05, 0.1) is 30.6 Å². The van der Waals surface area contributed by atoms with E-state index < -0.39 is 35.6 Å². The highest BCUT2D eigenvalue weighted by molar-refractivity contribution is 6.00. The fraction of sp³-hybridized carbons (Fsp3) is 0.741. The number of aliphatic hydroxyl groups excluding tert-OH is 1. The summed E-state index contributed by atoms with van der Waals surface area (Å²) in [5, 5.41) is 10.4. The van der Waals surface area contributed by atoms with Crippen molar-refractivity contribution in [1.82, 2.24) is 14.7 Å². The highest BCUT2D eigenvalue weighted by atomic mass is 16.5. The van der Waals surface area contributed by atoms with Gasteiger partial charge in [-0.15, -0.1) is 0 Å². The summed E-state index contributed by atoms with van der Waals surface area (Å²) in [6.07, 6.45) is 13.0. The van der Waals surface area contributed by atoms with Crippen LogP contribution in [0.3, 0.4) is 0 Å². The molecule has 5 aliphatic rings. The molecule has 0 bridgehead atoms. The van der Waals surface area contributed by atoms with Crippen LogP contribution in [0.25, 0.3) is 0 Å². The van der Waals surface area contributed by atoms with E-state index in [-0.39, 0.29) is 36.3 Å². The molecule has 3 amide bonds. The first kappa shape index (κ1) is 24.5. The van der Waals surface area contributed by atoms with E-state index in [2.05, 4.69) is 0 Å². The molecule has 192 valence electrons.